The summed E-state index contributed by atoms with van der Waals surface area (Å²) >= 11 is 0. The number of aliphatic hydroxyl groups is 1. The number of hydrogen-bond donors (Lipinski definition) is 1. The van der Waals surface area contributed by atoms with E-state index in [-0.39, 0.29) is 5.91 Å². The first-order valence-corrected chi connectivity index (χ1v) is 5.32. The van der Waals surface area contributed by atoms with E-state index in [0.717, 1.165) is 0 Å². The lowest BCUT2D eigenvalue weighted by Crippen LogP contribution is -2.29. The molecule has 0 unspecified atom stereocenters. The van der Waals surface area contributed by atoms with Crippen LogP contribution in [0.15, 0.2) is 24.3 Å². The molecule has 1 saturated heterocycles. The molecule has 1 heterocycles. The molecular weight excluding hydrogens is 206 g/mol. The van der Waals surface area contributed by atoms with Crippen LogP contribution in [-0.2, 0) is 0 Å². The molecule has 1 fully saturated rings. The summed E-state index contributed by atoms with van der Waals surface area (Å²) in [5, 5.41) is 9.40. The van der Waals surface area contributed by atoms with Gasteiger partial charge < -0.3 is 14.7 Å². The predicted octanol–water partition coefficient (Wildman–Crippen LogP) is 0.902. The zero-order chi connectivity index (χ0) is 11.5. The topological polar surface area (TPSA) is 49.8 Å². The summed E-state index contributed by atoms with van der Waals surface area (Å²) in [7, 11) is 1.55. The van der Waals surface area contributed by atoms with Gasteiger partial charge in [0, 0.05) is 13.1 Å². The molecule has 1 aliphatic rings. The number of hydrogen-bond acceptors (Lipinski definition) is 3. The smallest absolute Gasteiger partial charge is 0.257 e. The van der Waals surface area contributed by atoms with Gasteiger partial charge >= 0.3 is 0 Å². The van der Waals surface area contributed by atoms with Crippen molar-refractivity contribution in [2.45, 2.75) is 12.5 Å². The Kier molecular flexibility index (Phi) is 3.10. The first-order valence-electron chi connectivity index (χ1n) is 5.32. The summed E-state index contributed by atoms with van der Waals surface area (Å²) < 4.78 is 5.14. The van der Waals surface area contributed by atoms with Gasteiger partial charge in [-0.3, -0.25) is 4.79 Å². The molecule has 1 atom stereocenters. The van der Waals surface area contributed by atoms with Crippen molar-refractivity contribution in [1.82, 2.24) is 4.90 Å². The van der Waals surface area contributed by atoms with E-state index < -0.39 is 6.10 Å². The van der Waals surface area contributed by atoms with Gasteiger partial charge in [-0.05, 0) is 18.6 Å². The van der Waals surface area contributed by atoms with Crippen molar-refractivity contribution in [3.05, 3.63) is 29.8 Å². The van der Waals surface area contributed by atoms with E-state index >= 15 is 0 Å². The second kappa shape index (κ2) is 4.53. The maximum absolute atomic E-state index is 12.1. The molecule has 1 amide bonds. The first kappa shape index (κ1) is 11.0. The molecule has 86 valence electrons. The molecule has 16 heavy (non-hydrogen) atoms. The van der Waals surface area contributed by atoms with Crippen LogP contribution < -0.4 is 4.74 Å². The van der Waals surface area contributed by atoms with E-state index in [1.165, 1.54) is 0 Å². The number of methoxy groups -OCH3 is 1. The number of para-hydroxylation sites is 1. The van der Waals surface area contributed by atoms with Gasteiger partial charge in [0.05, 0.1) is 18.8 Å². The van der Waals surface area contributed by atoms with Crippen LogP contribution in [0.25, 0.3) is 0 Å². The fourth-order valence-corrected chi connectivity index (χ4v) is 1.92. The van der Waals surface area contributed by atoms with Gasteiger partial charge in [-0.1, -0.05) is 12.1 Å². The average Bonchev–Trinajstić information content (AvgIpc) is 2.75. The van der Waals surface area contributed by atoms with Gasteiger partial charge in [0.2, 0.25) is 0 Å². The first-order chi connectivity index (χ1) is 7.72. The van der Waals surface area contributed by atoms with Crippen molar-refractivity contribution >= 4 is 5.91 Å². The highest BCUT2D eigenvalue weighted by Gasteiger charge is 2.26. The Labute approximate surface area is 94.4 Å². The summed E-state index contributed by atoms with van der Waals surface area (Å²) in [5.74, 6) is 0.503. The third kappa shape index (κ3) is 2.02. The Balaban J connectivity index is 2.20. The Morgan fingerprint density at radius 2 is 2.25 bits per heavy atom. The molecule has 0 aromatic heterocycles. The third-order valence-corrected chi connectivity index (χ3v) is 2.79. The van der Waals surface area contributed by atoms with Crippen molar-refractivity contribution in [3.63, 3.8) is 0 Å². The van der Waals surface area contributed by atoms with Crippen molar-refractivity contribution in [3.8, 4) is 5.75 Å². The number of amides is 1. The summed E-state index contributed by atoms with van der Waals surface area (Å²) in [5.41, 5.74) is 0.555. The fourth-order valence-electron chi connectivity index (χ4n) is 1.92. The maximum Gasteiger partial charge on any atom is 0.257 e. The number of rotatable bonds is 2. The van der Waals surface area contributed by atoms with E-state index in [0.29, 0.717) is 30.8 Å². The number of carbonyl (C=O) groups is 1. The number of carbonyl (C=O) groups excluding carboxylic acids is 1. The number of aliphatic hydroxyl groups excluding tert-OH is 1. The molecule has 4 heteroatoms. The van der Waals surface area contributed by atoms with E-state index in [1.807, 2.05) is 12.1 Å². The Hall–Kier alpha value is -1.55. The van der Waals surface area contributed by atoms with Crippen molar-refractivity contribution in [1.29, 1.82) is 0 Å². The predicted molar refractivity (Wildman–Crippen MR) is 59.5 cm³/mol. The van der Waals surface area contributed by atoms with Crippen LogP contribution in [-0.4, -0.2) is 42.2 Å². The van der Waals surface area contributed by atoms with Crippen molar-refractivity contribution in [2.75, 3.05) is 20.2 Å². The van der Waals surface area contributed by atoms with Crippen LogP contribution in [0.5, 0.6) is 5.75 Å². The van der Waals surface area contributed by atoms with Crippen LogP contribution in [0.2, 0.25) is 0 Å². The van der Waals surface area contributed by atoms with Crippen LogP contribution in [0.4, 0.5) is 0 Å². The van der Waals surface area contributed by atoms with Gasteiger partial charge in [0.25, 0.3) is 5.91 Å². The molecule has 1 aliphatic heterocycles. The summed E-state index contributed by atoms with van der Waals surface area (Å²) in [6.07, 6.45) is 0.264. The van der Waals surface area contributed by atoms with E-state index in [9.17, 15) is 9.90 Å². The van der Waals surface area contributed by atoms with Gasteiger partial charge in [0.1, 0.15) is 5.75 Å². The number of likely N-dealkylation sites (tertiary alicyclic amines) is 1. The minimum Gasteiger partial charge on any atom is -0.496 e. The number of ether oxygens (including phenoxy) is 1. The Morgan fingerprint density at radius 1 is 1.50 bits per heavy atom. The molecular formula is C12H15NO3. The second-order valence-electron chi connectivity index (χ2n) is 3.89. The molecule has 1 N–H and O–H groups in total. The van der Waals surface area contributed by atoms with E-state index in [2.05, 4.69) is 0 Å². The molecule has 0 bridgehead atoms. The highest BCUT2D eigenvalue weighted by Crippen LogP contribution is 2.21. The lowest BCUT2D eigenvalue weighted by molar-refractivity contribution is 0.0761. The van der Waals surface area contributed by atoms with Gasteiger partial charge in [-0.2, -0.15) is 0 Å². The third-order valence-electron chi connectivity index (χ3n) is 2.79. The standard InChI is InChI=1S/C12H15NO3/c1-16-11-5-3-2-4-10(11)12(15)13-7-6-9(14)8-13/h2-5,9,14H,6-8H2,1H3/t9-/m0/s1. The van der Waals surface area contributed by atoms with Gasteiger partial charge in [-0.25, -0.2) is 0 Å². The summed E-state index contributed by atoms with van der Waals surface area (Å²) in [6, 6.07) is 7.14. The molecule has 1 aromatic carbocycles. The molecule has 0 radical (unpaired) electrons. The lowest BCUT2D eigenvalue weighted by atomic mass is 10.2. The summed E-state index contributed by atoms with van der Waals surface area (Å²) in [6.45, 7) is 1.02. The maximum atomic E-state index is 12.1. The second-order valence-corrected chi connectivity index (χ2v) is 3.89. The quantitative estimate of drug-likeness (QED) is 0.807. The molecule has 2 rings (SSSR count). The Bertz CT molecular complexity index is 392. The minimum atomic E-state index is -0.390. The largest absolute Gasteiger partial charge is 0.496 e. The normalized spacial score (nSPS) is 19.9. The zero-order valence-corrected chi connectivity index (χ0v) is 9.22. The number of β-amino-alcohol motifs (C(OH)–C–C–N with tert-alkyl or cyclic N) is 1. The molecule has 0 saturated carbocycles. The summed E-state index contributed by atoms with van der Waals surface area (Å²) in [4.78, 5) is 13.8. The fraction of sp³-hybridized carbons (Fsp3) is 0.417. The lowest BCUT2D eigenvalue weighted by Gasteiger charge is -2.17. The number of benzene rings is 1. The van der Waals surface area contributed by atoms with E-state index in [1.54, 1.807) is 24.1 Å². The van der Waals surface area contributed by atoms with Gasteiger partial charge in [0.15, 0.2) is 0 Å². The van der Waals surface area contributed by atoms with Crippen LogP contribution in [0.3, 0.4) is 0 Å². The van der Waals surface area contributed by atoms with Crippen molar-refractivity contribution in [2.24, 2.45) is 0 Å². The molecule has 0 spiro atoms. The van der Waals surface area contributed by atoms with Crippen molar-refractivity contribution < 1.29 is 14.6 Å². The highest BCUT2D eigenvalue weighted by molar-refractivity contribution is 5.97. The van der Waals surface area contributed by atoms with Crippen LogP contribution >= 0.6 is 0 Å². The number of nitrogens with zero attached hydrogens (tertiary/aromatic N) is 1. The average molecular weight is 221 g/mol. The van der Waals surface area contributed by atoms with E-state index in [4.69, 9.17) is 4.74 Å². The SMILES string of the molecule is COc1ccccc1C(=O)N1CC[C@H](O)C1. The highest BCUT2D eigenvalue weighted by atomic mass is 16.5. The molecule has 1 aromatic rings. The minimum absolute atomic E-state index is 0.0750. The zero-order valence-electron chi connectivity index (χ0n) is 9.22. The van der Waals surface area contributed by atoms with Crippen LogP contribution in [0, 0.1) is 0 Å². The van der Waals surface area contributed by atoms with Crippen LogP contribution in [0.1, 0.15) is 16.8 Å². The van der Waals surface area contributed by atoms with Gasteiger partial charge in [-0.15, -0.1) is 0 Å². The molecule has 4 nitrogen and oxygen atoms in total. The Morgan fingerprint density at radius 3 is 2.88 bits per heavy atom. The monoisotopic (exact) mass is 221 g/mol. The molecule has 0 aliphatic carbocycles.